The SMILES string of the molecule is CS(=O)(=O)NNC(N)=S. The van der Waals surface area contributed by atoms with E-state index in [1.807, 2.05) is 4.83 Å². The summed E-state index contributed by atoms with van der Waals surface area (Å²) in [4.78, 5) is 1.88. The highest BCUT2D eigenvalue weighted by molar-refractivity contribution is 7.88. The van der Waals surface area contributed by atoms with Crippen molar-refractivity contribution in [2.75, 3.05) is 6.26 Å². The van der Waals surface area contributed by atoms with Crippen LogP contribution in [0.5, 0.6) is 0 Å². The molecule has 0 aromatic carbocycles. The lowest BCUT2D eigenvalue weighted by Gasteiger charge is -2.01. The molecule has 0 fully saturated rings. The van der Waals surface area contributed by atoms with Crippen molar-refractivity contribution < 1.29 is 8.42 Å². The number of thiocarbonyl (C=S) groups is 1. The van der Waals surface area contributed by atoms with Gasteiger partial charge in [-0.1, -0.05) is 0 Å². The molecule has 0 aliphatic heterocycles. The van der Waals surface area contributed by atoms with Gasteiger partial charge in [-0.2, -0.15) is 0 Å². The number of rotatable bonds is 2. The monoisotopic (exact) mass is 169 g/mol. The van der Waals surface area contributed by atoms with Crippen molar-refractivity contribution in [3.8, 4) is 0 Å². The molecular weight excluding hydrogens is 162 g/mol. The maximum absolute atomic E-state index is 10.2. The zero-order valence-corrected chi connectivity index (χ0v) is 6.34. The summed E-state index contributed by atoms with van der Waals surface area (Å²) in [5, 5.41) is -0.111. The molecule has 5 nitrogen and oxygen atoms in total. The molecule has 0 atom stereocenters. The van der Waals surface area contributed by atoms with E-state index in [2.05, 4.69) is 17.6 Å². The smallest absolute Gasteiger partial charge is 0.225 e. The van der Waals surface area contributed by atoms with Crippen LogP contribution in [0, 0.1) is 0 Å². The quantitative estimate of drug-likeness (QED) is 0.338. The van der Waals surface area contributed by atoms with Crippen LogP contribution in [0.2, 0.25) is 0 Å². The number of hydrazine groups is 1. The van der Waals surface area contributed by atoms with E-state index >= 15 is 0 Å². The van der Waals surface area contributed by atoms with Gasteiger partial charge in [0.25, 0.3) is 0 Å². The largest absolute Gasteiger partial charge is 0.375 e. The van der Waals surface area contributed by atoms with Gasteiger partial charge in [-0.05, 0) is 12.2 Å². The minimum Gasteiger partial charge on any atom is -0.375 e. The summed E-state index contributed by atoms with van der Waals surface area (Å²) in [5.41, 5.74) is 6.95. The lowest BCUT2D eigenvalue weighted by molar-refractivity contribution is 0.584. The molecule has 0 aromatic rings. The standard InChI is InChI=1S/C2H7N3O2S2/c1-9(6,7)5-4-2(3)8/h5H,1H3,(H3,3,4,8). The van der Waals surface area contributed by atoms with Crippen LogP contribution in [-0.4, -0.2) is 19.8 Å². The molecule has 0 aromatic heterocycles. The van der Waals surface area contributed by atoms with E-state index in [1.165, 1.54) is 0 Å². The van der Waals surface area contributed by atoms with Crippen LogP contribution < -0.4 is 16.0 Å². The average Bonchev–Trinajstić information content (AvgIpc) is 1.59. The predicted molar refractivity (Wildman–Crippen MR) is 37.9 cm³/mol. The van der Waals surface area contributed by atoms with Crippen molar-refractivity contribution in [2.45, 2.75) is 0 Å². The predicted octanol–water partition coefficient (Wildman–Crippen LogP) is -1.72. The normalized spacial score (nSPS) is 10.8. The Morgan fingerprint density at radius 2 is 2.11 bits per heavy atom. The summed E-state index contributed by atoms with van der Waals surface area (Å²) < 4.78 is 20.5. The lowest BCUT2D eigenvalue weighted by atomic mass is 11.2. The number of hydrogen-bond donors (Lipinski definition) is 3. The summed E-state index contributed by atoms with van der Waals surface area (Å²) in [6.45, 7) is 0. The molecule has 0 saturated carbocycles. The second kappa shape index (κ2) is 2.95. The number of nitrogens with two attached hydrogens (primary N) is 1. The molecule has 9 heavy (non-hydrogen) atoms. The van der Waals surface area contributed by atoms with Crippen molar-refractivity contribution in [2.24, 2.45) is 5.73 Å². The molecule has 0 aliphatic rings. The zero-order valence-electron chi connectivity index (χ0n) is 4.71. The minimum atomic E-state index is -3.25. The fourth-order valence-electron chi connectivity index (χ4n) is 0.143. The van der Waals surface area contributed by atoms with Gasteiger partial charge < -0.3 is 5.73 Å². The van der Waals surface area contributed by atoms with Crippen LogP contribution in [0.1, 0.15) is 0 Å². The second-order valence-corrected chi connectivity index (χ2v) is 3.55. The van der Waals surface area contributed by atoms with E-state index in [0.717, 1.165) is 6.26 Å². The maximum atomic E-state index is 10.2. The van der Waals surface area contributed by atoms with Gasteiger partial charge in [-0.25, -0.2) is 8.42 Å². The Hall–Kier alpha value is -0.400. The Labute approximate surface area is 58.6 Å². The fraction of sp³-hybridized carbons (Fsp3) is 0.500. The Morgan fingerprint density at radius 1 is 1.67 bits per heavy atom. The minimum absolute atomic E-state index is 0.111. The van der Waals surface area contributed by atoms with E-state index in [-0.39, 0.29) is 5.11 Å². The highest BCUT2D eigenvalue weighted by Gasteiger charge is 1.96. The maximum Gasteiger partial charge on any atom is 0.225 e. The molecule has 0 heterocycles. The Bertz CT molecular complexity index is 196. The van der Waals surface area contributed by atoms with Gasteiger partial charge in [0.1, 0.15) is 0 Å². The Morgan fingerprint density at radius 3 is 2.22 bits per heavy atom. The molecule has 0 aliphatic carbocycles. The number of nitrogens with one attached hydrogen (secondary N) is 2. The molecule has 0 unspecified atom stereocenters. The van der Waals surface area contributed by atoms with Gasteiger partial charge in [0.05, 0.1) is 6.26 Å². The summed E-state index contributed by atoms with van der Waals surface area (Å²) in [6, 6.07) is 0. The van der Waals surface area contributed by atoms with Crippen molar-refractivity contribution in [1.29, 1.82) is 0 Å². The van der Waals surface area contributed by atoms with Gasteiger partial charge in [0.2, 0.25) is 10.0 Å². The van der Waals surface area contributed by atoms with Gasteiger partial charge in [-0.3, -0.25) is 5.43 Å². The van der Waals surface area contributed by atoms with E-state index in [0.29, 0.717) is 0 Å². The van der Waals surface area contributed by atoms with Gasteiger partial charge >= 0.3 is 0 Å². The highest BCUT2D eigenvalue weighted by Crippen LogP contribution is 1.65. The third-order valence-electron chi connectivity index (χ3n) is 0.360. The van der Waals surface area contributed by atoms with Crippen molar-refractivity contribution in [3.63, 3.8) is 0 Å². The fourth-order valence-corrected chi connectivity index (χ4v) is 0.554. The van der Waals surface area contributed by atoms with Crippen molar-refractivity contribution in [1.82, 2.24) is 10.3 Å². The second-order valence-electron chi connectivity index (χ2n) is 1.36. The van der Waals surface area contributed by atoms with Crippen LogP contribution in [0.25, 0.3) is 0 Å². The Kier molecular flexibility index (Phi) is 2.82. The summed E-state index contributed by atoms with van der Waals surface area (Å²) in [6.07, 6.45) is 0.984. The first-order valence-corrected chi connectivity index (χ1v) is 4.24. The van der Waals surface area contributed by atoms with E-state index in [9.17, 15) is 8.42 Å². The lowest BCUT2D eigenvalue weighted by Crippen LogP contribution is -2.43. The molecule has 54 valence electrons. The zero-order chi connectivity index (χ0) is 7.49. The third kappa shape index (κ3) is 7.60. The van der Waals surface area contributed by atoms with Crippen LogP contribution in [0.15, 0.2) is 0 Å². The van der Waals surface area contributed by atoms with Crippen LogP contribution in [0.4, 0.5) is 0 Å². The molecule has 0 spiro atoms. The van der Waals surface area contributed by atoms with E-state index < -0.39 is 10.0 Å². The van der Waals surface area contributed by atoms with E-state index in [1.54, 1.807) is 0 Å². The number of hydrogen-bond acceptors (Lipinski definition) is 3. The number of sulfonamides is 1. The summed E-state index contributed by atoms with van der Waals surface area (Å²) >= 11 is 4.30. The highest BCUT2D eigenvalue weighted by atomic mass is 32.2. The molecule has 0 rings (SSSR count). The molecule has 0 radical (unpaired) electrons. The van der Waals surface area contributed by atoms with Crippen LogP contribution in [-0.2, 0) is 10.0 Å². The van der Waals surface area contributed by atoms with Crippen molar-refractivity contribution in [3.05, 3.63) is 0 Å². The van der Waals surface area contributed by atoms with Crippen molar-refractivity contribution >= 4 is 27.4 Å². The summed E-state index contributed by atoms with van der Waals surface area (Å²) in [5.74, 6) is 0. The van der Waals surface area contributed by atoms with Crippen LogP contribution in [0.3, 0.4) is 0 Å². The van der Waals surface area contributed by atoms with Gasteiger partial charge in [-0.15, -0.1) is 4.83 Å². The third-order valence-corrected chi connectivity index (χ3v) is 0.935. The first-order chi connectivity index (χ1) is 3.92. The van der Waals surface area contributed by atoms with E-state index in [4.69, 9.17) is 5.73 Å². The molecule has 0 amide bonds. The molecule has 0 saturated heterocycles. The first-order valence-electron chi connectivity index (χ1n) is 1.94. The topological polar surface area (TPSA) is 84.2 Å². The molecule has 0 bridgehead atoms. The average molecular weight is 169 g/mol. The van der Waals surface area contributed by atoms with Gasteiger partial charge in [0.15, 0.2) is 5.11 Å². The molecular formula is C2H7N3O2S2. The van der Waals surface area contributed by atoms with Crippen LogP contribution >= 0.6 is 12.2 Å². The van der Waals surface area contributed by atoms with Gasteiger partial charge in [0, 0.05) is 0 Å². The first kappa shape index (κ1) is 8.60. The molecule has 4 N–H and O–H groups in total. The molecule has 7 heteroatoms. The summed E-state index contributed by atoms with van der Waals surface area (Å²) in [7, 11) is -3.25. The Balaban J connectivity index is 3.67.